The highest BCUT2D eigenvalue weighted by molar-refractivity contribution is 5.79. The number of ether oxygens (including phenoxy) is 1. The first-order valence-corrected chi connectivity index (χ1v) is 41.0. The summed E-state index contributed by atoms with van der Waals surface area (Å²) in [6, 6.07) is 41.5. The number of aromatic nitrogens is 9. The summed E-state index contributed by atoms with van der Waals surface area (Å²) < 4.78 is 7.00. The number of nitrogens with zero attached hydrogens (tertiary/aromatic N) is 18. The summed E-state index contributed by atoms with van der Waals surface area (Å²) in [5.74, 6) is 23.2. The summed E-state index contributed by atoms with van der Waals surface area (Å²) >= 11 is 0. The molecule has 2 aliphatic carbocycles. The number of aromatic hydroxyl groups is 2. The Kier molecular flexibility index (Phi) is 18.7. The van der Waals surface area contributed by atoms with Crippen LogP contribution in [0, 0.1) is 47.4 Å². The topological polar surface area (TPSA) is 319 Å². The summed E-state index contributed by atoms with van der Waals surface area (Å²) in [7, 11) is 0. The molecule has 26 heteroatoms. The number of phenols is 2. The molecule has 11 aliphatic rings. The smallest absolute Gasteiger partial charge is 0.169 e. The number of piperazine rings is 3. The average Bonchev–Trinajstić information content (AvgIpc) is 1.57. The lowest BCUT2D eigenvalue weighted by molar-refractivity contribution is -0.108. The van der Waals surface area contributed by atoms with E-state index >= 15 is 0 Å². The fourth-order valence-electron chi connectivity index (χ4n) is 20.6. The number of anilines is 9. The molecule has 11 fully saturated rings. The first kappa shape index (κ1) is 72.4. The fourth-order valence-corrected chi connectivity index (χ4v) is 20.6. The molecule has 9 aliphatic heterocycles. The van der Waals surface area contributed by atoms with Crippen molar-refractivity contribution in [1.29, 1.82) is 0 Å². The van der Waals surface area contributed by atoms with Gasteiger partial charge in [-0.1, -0.05) is 54.2 Å². The molecule has 9 unspecified atom stereocenters. The van der Waals surface area contributed by atoms with Crippen LogP contribution >= 0.6 is 0 Å². The number of aliphatic hydroxyl groups is 1. The third-order valence-corrected chi connectivity index (χ3v) is 26.6. The molecule has 1 spiro atoms. The highest BCUT2D eigenvalue weighted by Crippen LogP contribution is 2.59. The minimum Gasteiger partial charge on any atom is -0.507 e. The van der Waals surface area contributed by atoms with Crippen molar-refractivity contribution in [2.45, 2.75) is 130 Å². The molecular formula is C89H96N22O4. The molecule has 2 saturated carbocycles. The molecule has 9 atom stereocenters. The molecule has 6 bridgehead atoms. The van der Waals surface area contributed by atoms with Crippen molar-refractivity contribution < 1.29 is 20.1 Å². The molecule has 3 aromatic carbocycles. The molecule has 0 radical (unpaired) electrons. The van der Waals surface area contributed by atoms with Gasteiger partial charge in [-0.3, -0.25) is 14.7 Å². The van der Waals surface area contributed by atoms with Crippen LogP contribution in [0.3, 0.4) is 0 Å². The van der Waals surface area contributed by atoms with Crippen molar-refractivity contribution >= 4 is 51.6 Å². The highest BCUT2D eigenvalue weighted by Gasteiger charge is 2.59. The Morgan fingerprint density at radius 2 is 0.930 bits per heavy atom. The summed E-state index contributed by atoms with van der Waals surface area (Å²) in [4.78, 5) is 35.8. The average molecular weight is 1540 g/mol. The Morgan fingerprint density at radius 3 is 1.43 bits per heavy atom. The zero-order valence-corrected chi connectivity index (χ0v) is 64.5. The number of rotatable bonds is 17. The standard InChI is InChI=1S/C89H96N22O4/c90-45-56-46-103(47-56)33-6-9-57-37-60(24-30-94-57)109-65-20-21-66(109)51-106(50-65)80-42-77(98-101-86(80)92)72-13-2-4-17-83(72)115-69-27-36-108(88(44-69)28-29-88)35-8-11-59-39-62(26-32-96-59)111-67-22-23-68(111)53-107(52-67)81-43-78(99-102-87(81)93)73-15-5-14-70(84(73)113)74-40-75(74)89(114)54-104(55-89)34-7-10-58-38-61(25-31-95-58)110-63-18-19-64(110)49-105(48-63)79-41-76(97-100-85(79)91)71-12-1-3-16-82(71)112/h1-5,12-17,24-26,30-32,37-39,41-43,56,63-69,74-75,112-114H,18-23,27-29,33-36,40,44-55,90H2,(H2,91,100)(H2,92,101)(H2,93,102). The highest BCUT2D eigenvalue weighted by atomic mass is 16.5. The van der Waals surface area contributed by atoms with Gasteiger partial charge in [-0.2, -0.15) is 0 Å². The molecule has 115 heavy (non-hydrogen) atoms. The predicted octanol–water partition coefficient (Wildman–Crippen LogP) is 7.84. The summed E-state index contributed by atoms with van der Waals surface area (Å²) in [6.07, 6.45) is 16.8. The maximum atomic E-state index is 12.1. The van der Waals surface area contributed by atoms with Gasteiger partial charge in [0, 0.05) is 173 Å². The number of para-hydroxylation sites is 3. The molecule has 11 N–H and O–H groups in total. The summed E-state index contributed by atoms with van der Waals surface area (Å²) in [5.41, 5.74) is 37.9. The zero-order valence-electron chi connectivity index (χ0n) is 64.5. The maximum absolute atomic E-state index is 12.1. The molecular weight excluding hydrogens is 1440 g/mol. The van der Waals surface area contributed by atoms with E-state index in [2.05, 4.69) is 175 Å². The largest absolute Gasteiger partial charge is 0.507 e. The lowest BCUT2D eigenvalue weighted by atomic mass is 9.86. The van der Waals surface area contributed by atoms with Gasteiger partial charge in [-0.15, -0.1) is 30.6 Å². The Morgan fingerprint density at radius 1 is 0.478 bits per heavy atom. The van der Waals surface area contributed by atoms with Gasteiger partial charge in [0.25, 0.3) is 0 Å². The van der Waals surface area contributed by atoms with E-state index in [4.69, 9.17) is 32.7 Å². The molecule has 9 aromatic rings. The van der Waals surface area contributed by atoms with Gasteiger partial charge >= 0.3 is 0 Å². The van der Waals surface area contributed by atoms with Crippen molar-refractivity contribution in [3.05, 3.63) is 163 Å². The van der Waals surface area contributed by atoms with Crippen molar-refractivity contribution in [2.75, 3.05) is 145 Å². The van der Waals surface area contributed by atoms with Gasteiger partial charge in [0.1, 0.15) is 40.4 Å². The minimum atomic E-state index is -0.887. The van der Waals surface area contributed by atoms with Crippen LogP contribution in [0.1, 0.15) is 99.2 Å². The number of piperidine rings is 1. The summed E-state index contributed by atoms with van der Waals surface area (Å²) in [5, 5.41) is 61.5. The monoisotopic (exact) mass is 1540 g/mol. The lowest BCUT2D eigenvalue weighted by Gasteiger charge is -2.46. The fraction of sp³-hybridized carbons (Fsp3) is 0.427. The van der Waals surface area contributed by atoms with Crippen LogP contribution in [-0.4, -0.2) is 227 Å². The van der Waals surface area contributed by atoms with E-state index in [1.54, 1.807) is 12.1 Å². The van der Waals surface area contributed by atoms with Crippen LogP contribution in [0.15, 0.2) is 140 Å². The molecule has 9 saturated heterocycles. The van der Waals surface area contributed by atoms with Gasteiger partial charge in [-0.25, -0.2) is 15.0 Å². The number of hydrogen-bond acceptors (Lipinski definition) is 26. The van der Waals surface area contributed by atoms with Crippen LogP contribution in [0.25, 0.3) is 33.8 Å². The number of nitrogen functional groups attached to an aromatic ring is 3. The minimum absolute atomic E-state index is 0.0000403. The molecule has 0 amide bonds. The first-order valence-electron chi connectivity index (χ1n) is 41.0. The molecule has 20 rings (SSSR count). The van der Waals surface area contributed by atoms with E-state index in [0.717, 1.165) is 205 Å². The van der Waals surface area contributed by atoms with Crippen LogP contribution in [0.4, 0.5) is 51.6 Å². The zero-order chi connectivity index (χ0) is 77.6. The number of β-amino-alcohol motifs (C(OH)–C–C–N with tert-alkyl or cyclic N) is 1. The normalized spacial score (nSPS) is 25.0. The van der Waals surface area contributed by atoms with E-state index in [1.165, 1.54) is 5.69 Å². The van der Waals surface area contributed by atoms with Crippen molar-refractivity contribution in [2.24, 2.45) is 17.6 Å². The lowest BCUT2D eigenvalue weighted by Crippen LogP contribution is -2.63. The van der Waals surface area contributed by atoms with Crippen LogP contribution in [-0.2, 0) is 0 Å². The van der Waals surface area contributed by atoms with Gasteiger partial charge < -0.3 is 72.4 Å². The van der Waals surface area contributed by atoms with Crippen molar-refractivity contribution in [3.63, 3.8) is 0 Å². The Balaban J connectivity index is 0.428. The van der Waals surface area contributed by atoms with Crippen LogP contribution < -0.4 is 57.1 Å². The number of benzene rings is 3. The maximum Gasteiger partial charge on any atom is 0.169 e. The van der Waals surface area contributed by atoms with E-state index in [-0.39, 0.29) is 59.1 Å². The Labute approximate surface area is 669 Å². The third kappa shape index (κ3) is 14.0. The quantitative estimate of drug-likeness (QED) is 0.0427. The number of likely N-dealkylation sites (tertiary alicyclic amines) is 3. The second-order valence-corrected chi connectivity index (χ2v) is 33.8. The Bertz CT molecular complexity index is 5380. The van der Waals surface area contributed by atoms with E-state index in [9.17, 15) is 15.3 Å². The van der Waals surface area contributed by atoms with Gasteiger partial charge in [0.2, 0.25) is 0 Å². The van der Waals surface area contributed by atoms with Crippen LogP contribution in [0.2, 0.25) is 0 Å². The number of fused-ring (bicyclic) bond motifs is 6. The number of hydrogen-bond donors (Lipinski definition) is 7. The molecule has 586 valence electrons. The molecule has 15 heterocycles. The molecule has 26 nitrogen and oxygen atoms in total. The Hall–Kier alpha value is -11.6. The van der Waals surface area contributed by atoms with Gasteiger partial charge in [0.05, 0.1) is 59.4 Å². The summed E-state index contributed by atoms with van der Waals surface area (Å²) in [6.45, 7) is 11.3. The van der Waals surface area contributed by atoms with Gasteiger partial charge in [-0.05, 0) is 197 Å². The number of pyridine rings is 3. The first-order chi connectivity index (χ1) is 56.2. The van der Waals surface area contributed by atoms with E-state index in [1.807, 2.05) is 73.2 Å². The SMILES string of the molecule is NCC1CN(CC#Cc2cc(N3C4CCC3CN(c3cc(-c5ccccc5OC5CCN(CC#Cc6cc(N7C8CCC7CN(c7cc(-c9cccc(C%10CC%10C%10(O)CN(CC#Cc%11cc(N%12C%13CCC%12CN(c%12cc(-c%14ccccc%14O)nnc%12N)C%13)ccn%11)C%10)c9O)nnc7N)C8)ccn6)C6(CC6)C5)nnc3N)C4)ccn2)C1. The number of nitrogens with two attached hydrogens (primary N) is 4. The second-order valence-electron chi connectivity index (χ2n) is 33.8. The van der Waals surface area contributed by atoms with Crippen molar-refractivity contribution in [1.82, 2.24) is 60.2 Å². The van der Waals surface area contributed by atoms with E-state index < -0.39 is 5.60 Å². The van der Waals surface area contributed by atoms with Crippen molar-refractivity contribution in [3.8, 4) is 86.5 Å². The molecule has 6 aromatic heterocycles. The van der Waals surface area contributed by atoms with E-state index in [0.29, 0.717) is 89.8 Å². The van der Waals surface area contributed by atoms with Gasteiger partial charge in [0.15, 0.2) is 17.5 Å². The third-order valence-electron chi connectivity index (χ3n) is 26.6. The predicted molar refractivity (Wildman–Crippen MR) is 445 cm³/mol. The number of phenolic OH excluding ortho intramolecular Hbond substituents is 2. The second kappa shape index (κ2) is 29.7. The van der Waals surface area contributed by atoms with Crippen LogP contribution in [0.5, 0.6) is 17.2 Å².